The van der Waals surface area contributed by atoms with Crippen LogP contribution in [-0.4, -0.2) is 78.3 Å². The summed E-state index contributed by atoms with van der Waals surface area (Å²) in [5.41, 5.74) is -0.170. The summed E-state index contributed by atoms with van der Waals surface area (Å²) in [4.78, 5) is 51.5. The smallest absolute Gasteiger partial charge is 0.335 e. The van der Waals surface area contributed by atoms with Crippen LogP contribution in [0.5, 0.6) is 5.75 Å². The van der Waals surface area contributed by atoms with Crippen molar-refractivity contribution >= 4 is 23.6 Å². The zero-order valence-electron chi connectivity index (χ0n) is 26.2. The van der Waals surface area contributed by atoms with Crippen molar-refractivity contribution < 1.29 is 38.3 Å². The average Bonchev–Trinajstić information content (AvgIpc) is 2.91. The summed E-state index contributed by atoms with van der Waals surface area (Å²) < 4.78 is 21.3. The second-order valence-electron chi connectivity index (χ2n) is 11.9. The topological polar surface area (TPSA) is 147 Å². The Bertz CT molecular complexity index is 1210. The Morgan fingerprint density at radius 1 is 0.837 bits per heavy atom. The maximum absolute atomic E-state index is 13.1. The normalized spacial score (nSPS) is 12.5. The number of nitrogens with zero attached hydrogens (tertiary/aromatic N) is 2. The minimum Gasteiger partial charge on any atom is -0.497 e. The third-order valence-corrected chi connectivity index (χ3v) is 6.07. The molecule has 2 rings (SSSR count). The molecule has 2 aromatic rings. The summed E-state index contributed by atoms with van der Waals surface area (Å²) in [7, 11) is 2.85. The van der Waals surface area contributed by atoms with Crippen LogP contribution in [0.3, 0.4) is 0 Å². The number of nitro groups is 1. The van der Waals surface area contributed by atoms with E-state index in [2.05, 4.69) is 5.32 Å². The lowest BCUT2D eigenvalue weighted by Gasteiger charge is -2.31. The number of ether oxygens (including phenoxy) is 4. The SMILES string of the molecule is COC(=O)[C@@H](Cc1ccc([N+](=O)[O-])cc1)N(CCNC(C(=O)OC(C)(C)C)C(=O)OC(C)(C)C)Cc1ccc(OC)cc1. The van der Waals surface area contributed by atoms with E-state index in [-0.39, 0.29) is 25.2 Å². The number of methoxy groups -OCH3 is 2. The highest BCUT2D eigenvalue weighted by atomic mass is 16.6. The maximum atomic E-state index is 13.1. The van der Waals surface area contributed by atoms with Crippen LogP contribution in [-0.2, 0) is 41.6 Å². The lowest BCUT2D eigenvalue weighted by Crippen LogP contribution is -2.52. The van der Waals surface area contributed by atoms with E-state index in [1.807, 2.05) is 17.0 Å². The van der Waals surface area contributed by atoms with Crippen molar-refractivity contribution in [2.75, 3.05) is 27.3 Å². The number of carbonyl (C=O) groups excluding carboxylic acids is 3. The lowest BCUT2D eigenvalue weighted by molar-refractivity contribution is -0.384. The first-order valence-electron chi connectivity index (χ1n) is 13.9. The summed E-state index contributed by atoms with van der Waals surface area (Å²) >= 11 is 0. The van der Waals surface area contributed by atoms with Gasteiger partial charge in [0.15, 0.2) is 0 Å². The Morgan fingerprint density at radius 3 is 1.79 bits per heavy atom. The molecule has 1 N–H and O–H groups in total. The molecule has 12 heteroatoms. The van der Waals surface area contributed by atoms with Crippen molar-refractivity contribution in [3.05, 3.63) is 69.8 Å². The summed E-state index contributed by atoms with van der Waals surface area (Å²) in [6.07, 6.45) is 0.197. The first kappa shape index (κ1) is 35.2. The molecule has 0 heterocycles. The Morgan fingerprint density at radius 2 is 1.35 bits per heavy atom. The molecule has 0 unspecified atom stereocenters. The van der Waals surface area contributed by atoms with Gasteiger partial charge in [-0.1, -0.05) is 24.3 Å². The molecule has 0 radical (unpaired) electrons. The molecule has 0 amide bonds. The van der Waals surface area contributed by atoms with Crippen LogP contribution in [0.2, 0.25) is 0 Å². The highest BCUT2D eigenvalue weighted by Gasteiger charge is 2.35. The molecule has 0 saturated carbocycles. The molecule has 0 aliphatic carbocycles. The van der Waals surface area contributed by atoms with E-state index < -0.39 is 46.1 Å². The standard InChI is InChI=1S/C31H43N3O9/c1-30(2,3)42-28(36)26(29(37)43-31(4,5)6)32-17-18-33(20-22-11-15-24(40-7)16-12-22)25(27(35)41-8)19-21-9-13-23(14-10-21)34(38)39/h9-16,25-26,32H,17-20H2,1-8H3/t25-/m1/s1. The van der Waals surface area contributed by atoms with E-state index in [0.717, 1.165) is 5.56 Å². The Balaban J connectivity index is 2.36. The van der Waals surface area contributed by atoms with Crippen molar-refractivity contribution in [2.24, 2.45) is 0 Å². The van der Waals surface area contributed by atoms with Crippen LogP contribution in [0, 0.1) is 10.1 Å². The third-order valence-electron chi connectivity index (χ3n) is 6.07. The molecule has 0 bridgehead atoms. The minimum atomic E-state index is -1.40. The zero-order valence-corrected chi connectivity index (χ0v) is 26.2. The van der Waals surface area contributed by atoms with Crippen molar-refractivity contribution in [1.29, 1.82) is 0 Å². The van der Waals surface area contributed by atoms with Crippen molar-refractivity contribution in [1.82, 2.24) is 10.2 Å². The fraction of sp³-hybridized carbons (Fsp3) is 0.516. The van der Waals surface area contributed by atoms with Gasteiger partial charge in [0.1, 0.15) is 23.0 Å². The molecule has 236 valence electrons. The van der Waals surface area contributed by atoms with Crippen LogP contribution in [0.15, 0.2) is 48.5 Å². The monoisotopic (exact) mass is 601 g/mol. The summed E-state index contributed by atoms with van der Waals surface area (Å²) in [5.74, 6) is -1.40. The average molecular weight is 602 g/mol. The molecule has 0 aliphatic heterocycles. The molecular weight excluding hydrogens is 558 g/mol. The molecule has 0 saturated heterocycles. The van der Waals surface area contributed by atoms with Crippen LogP contribution >= 0.6 is 0 Å². The van der Waals surface area contributed by atoms with E-state index in [0.29, 0.717) is 17.9 Å². The summed E-state index contributed by atoms with van der Waals surface area (Å²) in [6.45, 7) is 10.8. The molecule has 43 heavy (non-hydrogen) atoms. The van der Waals surface area contributed by atoms with Gasteiger partial charge in [0.05, 0.1) is 19.1 Å². The number of benzene rings is 2. The van der Waals surface area contributed by atoms with E-state index in [1.54, 1.807) is 72.9 Å². The molecule has 2 aromatic carbocycles. The van der Waals surface area contributed by atoms with E-state index in [9.17, 15) is 24.5 Å². The maximum Gasteiger partial charge on any atom is 0.335 e. The number of rotatable bonds is 14. The van der Waals surface area contributed by atoms with Crippen LogP contribution in [0.25, 0.3) is 0 Å². The van der Waals surface area contributed by atoms with Crippen LogP contribution in [0.4, 0.5) is 5.69 Å². The zero-order chi connectivity index (χ0) is 32.4. The molecule has 1 atom stereocenters. The predicted octanol–water partition coefficient (Wildman–Crippen LogP) is 3.83. The highest BCUT2D eigenvalue weighted by Crippen LogP contribution is 2.20. The van der Waals surface area contributed by atoms with Crippen LogP contribution in [0.1, 0.15) is 52.7 Å². The van der Waals surface area contributed by atoms with Gasteiger partial charge in [-0.25, -0.2) is 9.59 Å². The number of non-ortho nitro benzene ring substituents is 1. The lowest BCUT2D eigenvalue weighted by atomic mass is 10.0. The second kappa shape index (κ2) is 15.4. The summed E-state index contributed by atoms with van der Waals surface area (Å²) in [6, 6.07) is 11.1. The Labute approximate surface area is 252 Å². The quantitative estimate of drug-likeness (QED) is 0.111. The molecule has 0 fully saturated rings. The first-order chi connectivity index (χ1) is 20.0. The van der Waals surface area contributed by atoms with Gasteiger partial charge < -0.3 is 18.9 Å². The van der Waals surface area contributed by atoms with Gasteiger partial charge >= 0.3 is 17.9 Å². The van der Waals surface area contributed by atoms with Gasteiger partial charge in [0, 0.05) is 31.8 Å². The first-order valence-corrected chi connectivity index (χ1v) is 13.9. The molecule has 12 nitrogen and oxygen atoms in total. The molecule has 0 aromatic heterocycles. The Hall–Kier alpha value is -4.03. The molecule has 0 spiro atoms. The van der Waals surface area contributed by atoms with Gasteiger partial charge in [-0.15, -0.1) is 0 Å². The van der Waals surface area contributed by atoms with Crippen molar-refractivity contribution in [3.8, 4) is 5.75 Å². The second-order valence-corrected chi connectivity index (χ2v) is 11.9. The Kier molecular flexibility index (Phi) is 12.6. The number of nitro benzene ring substituents is 1. The number of hydrogen-bond acceptors (Lipinski definition) is 11. The van der Waals surface area contributed by atoms with E-state index in [4.69, 9.17) is 18.9 Å². The van der Waals surface area contributed by atoms with Gasteiger partial charge in [-0.2, -0.15) is 0 Å². The number of hydrogen-bond donors (Lipinski definition) is 1. The predicted molar refractivity (Wildman–Crippen MR) is 159 cm³/mol. The molecule has 0 aliphatic rings. The number of nitrogens with one attached hydrogen (secondary N) is 1. The summed E-state index contributed by atoms with van der Waals surface area (Å²) in [5, 5.41) is 14.1. The fourth-order valence-electron chi connectivity index (χ4n) is 4.12. The van der Waals surface area contributed by atoms with Crippen molar-refractivity contribution in [2.45, 2.75) is 77.8 Å². The van der Waals surface area contributed by atoms with Gasteiger partial charge in [0.2, 0.25) is 6.04 Å². The number of esters is 3. The van der Waals surface area contributed by atoms with Gasteiger partial charge in [-0.05, 0) is 71.2 Å². The fourth-order valence-corrected chi connectivity index (χ4v) is 4.12. The number of carbonyl (C=O) groups is 3. The van der Waals surface area contributed by atoms with Gasteiger partial charge in [0.25, 0.3) is 5.69 Å². The minimum absolute atomic E-state index is 0.0621. The van der Waals surface area contributed by atoms with E-state index in [1.165, 1.54) is 19.2 Å². The van der Waals surface area contributed by atoms with Gasteiger partial charge in [-0.3, -0.25) is 25.1 Å². The van der Waals surface area contributed by atoms with Crippen LogP contribution < -0.4 is 10.1 Å². The highest BCUT2D eigenvalue weighted by molar-refractivity contribution is 5.99. The van der Waals surface area contributed by atoms with Crippen molar-refractivity contribution in [3.63, 3.8) is 0 Å². The molecular formula is C31H43N3O9. The largest absolute Gasteiger partial charge is 0.497 e. The van der Waals surface area contributed by atoms with E-state index >= 15 is 0 Å². The third kappa shape index (κ3) is 12.0.